The fraction of sp³-hybridized carbons (Fsp3) is 0.900. The Morgan fingerprint density at radius 3 is 2.69 bits per heavy atom. The molecule has 1 amide bonds. The van der Waals surface area contributed by atoms with Crippen molar-refractivity contribution in [2.45, 2.75) is 33.6 Å². The van der Waals surface area contributed by atoms with Gasteiger partial charge in [-0.3, -0.25) is 4.79 Å². The summed E-state index contributed by atoms with van der Waals surface area (Å²) in [6.07, 6.45) is 1.46. The zero-order valence-electron chi connectivity index (χ0n) is 8.93. The summed E-state index contributed by atoms with van der Waals surface area (Å²) in [7, 11) is 0. The van der Waals surface area contributed by atoms with Gasteiger partial charge < -0.3 is 10.1 Å². The summed E-state index contributed by atoms with van der Waals surface area (Å²) in [5, 5.41) is 2.80. The number of amides is 1. The third kappa shape index (κ3) is 9.34. The molecule has 0 aromatic carbocycles. The summed E-state index contributed by atoms with van der Waals surface area (Å²) >= 11 is 0. The van der Waals surface area contributed by atoms with Gasteiger partial charge in [0.1, 0.15) is 0 Å². The number of hydrogen-bond acceptors (Lipinski definition) is 2. The Kier molecular flexibility index (Phi) is 7.69. The maximum absolute atomic E-state index is 10.8. The van der Waals surface area contributed by atoms with Crippen LogP contribution >= 0.6 is 0 Å². The van der Waals surface area contributed by atoms with Crippen LogP contribution in [0, 0.1) is 5.92 Å². The van der Waals surface area contributed by atoms with E-state index in [0.717, 1.165) is 26.2 Å². The van der Waals surface area contributed by atoms with E-state index in [2.05, 4.69) is 19.2 Å². The van der Waals surface area contributed by atoms with Crippen molar-refractivity contribution in [2.24, 2.45) is 5.92 Å². The van der Waals surface area contributed by atoms with Gasteiger partial charge in [0.25, 0.3) is 0 Å². The molecule has 0 aromatic rings. The van der Waals surface area contributed by atoms with Crippen LogP contribution in [0.5, 0.6) is 0 Å². The van der Waals surface area contributed by atoms with Crippen LogP contribution in [0.1, 0.15) is 33.6 Å². The van der Waals surface area contributed by atoms with Crippen molar-refractivity contribution < 1.29 is 9.53 Å². The number of rotatable bonds is 7. The zero-order valence-corrected chi connectivity index (χ0v) is 8.93. The molecule has 78 valence electrons. The average Bonchev–Trinajstić information content (AvgIpc) is 2.10. The SMILES string of the molecule is CCC(=O)NCCCOCC(C)C. The van der Waals surface area contributed by atoms with Crippen molar-refractivity contribution in [3.05, 3.63) is 0 Å². The highest BCUT2D eigenvalue weighted by Gasteiger charge is 1.96. The third-order valence-corrected chi connectivity index (χ3v) is 1.56. The first-order valence-corrected chi connectivity index (χ1v) is 5.01. The molecule has 3 nitrogen and oxygen atoms in total. The summed E-state index contributed by atoms with van der Waals surface area (Å²) in [5.74, 6) is 0.703. The second-order valence-electron chi connectivity index (χ2n) is 3.53. The standard InChI is InChI=1S/C10H21NO2/c1-4-10(12)11-6-5-7-13-8-9(2)3/h9H,4-8H2,1-3H3,(H,11,12). The van der Waals surface area contributed by atoms with E-state index in [0.29, 0.717) is 12.3 Å². The van der Waals surface area contributed by atoms with Crippen molar-refractivity contribution in [3.8, 4) is 0 Å². The molecule has 0 heterocycles. The van der Waals surface area contributed by atoms with Crippen LogP contribution in [0.4, 0.5) is 0 Å². The third-order valence-electron chi connectivity index (χ3n) is 1.56. The minimum atomic E-state index is 0.115. The first-order chi connectivity index (χ1) is 6.16. The summed E-state index contributed by atoms with van der Waals surface area (Å²) in [5.41, 5.74) is 0. The maximum atomic E-state index is 10.8. The Bertz CT molecular complexity index is 135. The van der Waals surface area contributed by atoms with E-state index in [-0.39, 0.29) is 5.91 Å². The number of carbonyl (C=O) groups is 1. The number of ether oxygens (including phenoxy) is 1. The molecule has 0 aliphatic carbocycles. The van der Waals surface area contributed by atoms with Gasteiger partial charge in [-0.2, -0.15) is 0 Å². The van der Waals surface area contributed by atoms with E-state index in [1.54, 1.807) is 0 Å². The largest absolute Gasteiger partial charge is 0.381 e. The second-order valence-corrected chi connectivity index (χ2v) is 3.53. The van der Waals surface area contributed by atoms with Crippen molar-refractivity contribution in [1.29, 1.82) is 0 Å². The summed E-state index contributed by atoms with van der Waals surface area (Å²) in [6.45, 7) is 8.37. The van der Waals surface area contributed by atoms with Crippen LogP contribution in [0.15, 0.2) is 0 Å². The smallest absolute Gasteiger partial charge is 0.219 e. The molecular weight excluding hydrogens is 166 g/mol. The Balaban J connectivity index is 3.04. The first-order valence-electron chi connectivity index (χ1n) is 5.01. The second kappa shape index (κ2) is 8.05. The van der Waals surface area contributed by atoms with Crippen LogP contribution in [-0.4, -0.2) is 25.7 Å². The summed E-state index contributed by atoms with van der Waals surface area (Å²) in [6, 6.07) is 0. The molecule has 0 atom stereocenters. The Morgan fingerprint density at radius 1 is 1.46 bits per heavy atom. The lowest BCUT2D eigenvalue weighted by Crippen LogP contribution is -2.24. The molecule has 0 aliphatic heterocycles. The molecule has 0 bridgehead atoms. The molecule has 0 spiro atoms. The number of hydrogen-bond donors (Lipinski definition) is 1. The van der Waals surface area contributed by atoms with Crippen LogP contribution in [0.25, 0.3) is 0 Å². The predicted molar refractivity (Wildman–Crippen MR) is 53.6 cm³/mol. The highest BCUT2D eigenvalue weighted by Crippen LogP contribution is 1.92. The lowest BCUT2D eigenvalue weighted by molar-refractivity contribution is -0.120. The van der Waals surface area contributed by atoms with Crippen molar-refractivity contribution in [2.75, 3.05) is 19.8 Å². The molecule has 0 unspecified atom stereocenters. The number of nitrogens with one attached hydrogen (secondary N) is 1. The van der Waals surface area contributed by atoms with Crippen molar-refractivity contribution >= 4 is 5.91 Å². The lowest BCUT2D eigenvalue weighted by Gasteiger charge is -2.06. The van der Waals surface area contributed by atoms with E-state index in [1.807, 2.05) is 6.92 Å². The van der Waals surface area contributed by atoms with Gasteiger partial charge in [0.2, 0.25) is 5.91 Å². The topological polar surface area (TPSA) is 38.3 Å². The monoisotopic (exact) mass is 187 g/mol. The van der Waals surface area contributed by atoms with Gasteiger partial charge >= 0.3 is 0 Å². The Morgan fingerprint density at radius 2 is 2.15 bits per heavy atom. The molecule has 0 aromatic heterocycles. The van der Waals surface area contributed by atoms with Gasteiger partial charge in [-0.05, 0) is 12.3 Å². The summed E-state index contributed by atoms with van der Waals surface area (Å²) < 4.78 is 5.36. The van der Waals surface area contributed by atoms with E-state index in [1.165, 1.54) is 0 Å². The molecule has 0 saturated heterocycles. The van der Waals surface area contributed by atoms with Gasteiger partial charge in [0.15, 0.2) is 0 Å². The minimum absolute atomic E-state index is 0.115. The molecule has 0 radical (unpaired) electrons. The zero-order chi connectivity index (χ0) is 10.1. The normalized spacial score (nSPS) is 10.5. The molecule has 1 N–H and O–H groups in total. The predicted octanol–water partition coefficient (Wildman–Crippen LogP) is 1.58. The van der Waals surface area contributed by atoms with Crippen LogP contribution < -0.4 is 5.32 Å². The minimum Gasteiger partial charge on any atom is -0.381 e. The molecule has 3 heteroatoms. The van der Waals surface area contributed by atoms with Crippen LogP contribution in [-0.2, 0) is 9.53 Å². The molecule has 0 saturated carbocycles. The maximum Gasteiger partial charge on any atom is 0.219 e. The Hall–Kier alpha value is -0.570. The van der Waals surface area contributed by atoms with Gasteiger partial charge in [-0.25, -0.2) is 0 Å². The van der Waals surface area contributed by atoms with Crippen LogP contribution in [0.3, 0.4) is 0 Å². The molecule has 13 heavy (non-hydrogen) atoms. The van der Waals surface area contributed by atoms with E-state index in [4.69, 9.17) is 4.74 Å². The quantitative estimate of drug-likeness (QED) is 0.614. The molecule has 0 aliphatic rings. The van der Waals surface area contributed by atoms with E-state index in [9.17, 15) is 4.79 Å². The van der Waals surface area contributed by atoms with Gasteiger partial charge in [0, 0.05) is 26.2 Å². The fourth-order valence-corrected chi connectivity index (χ4v) is 0.846. The van der Waals surface area contributed by atoms with Crippen molar-refractivity contribution in [3.63, 3.8) is 0 Å². The fourth-order valence-electron chi connectivity index (χ4n) is 0.846. The first kappa shape index (κ1) is 12.4. The highest BCUT2D eigenvalue weighted by atomic mass is 16.5. The van der Waals surface area contributed by atoms with Gasteiger partial charge in [0.05, 0.1) is 0 Å². The van der Waals surface area contributed by atoms with Gasteiger partial charge in [-0.1, -0.05) is 20.8 Å². The number of carbonyl (C=O) groups excluding carboxylic acids is 1. The van der Waals surface area contributed by atoms with Crippen LogP contribution in [0.2, 0.25) is 0 Å². The Labute approximate surface area is 80.8 Å². The van der Waals surface area contributed by atoms with E-state index >= 15 is 0 Å². The average molecular weight is 187 g/mol. The lowest BCUT2D eigenvalue weighted by atomic mass is 10.2. The van der Waals surface area contributed by atoms with Crippen molar-refractivity contribution in [1.82, 2.24) is 5.32 Å². The molecular formula is C10H21NO2. The van der Waals surface area contributed by atoms with Gasteiger partial charge in [-0.15, -0.1) is 0 Å². The highest BCUT2D eigenvalue weighted by molar-refractivity contribution is 5.75. The van der Waals surface area contributed by atoms with E-state index < -0.39 is 0 Å². The molecule has 0 fully saturated rings. The summed E-state index contributed by atoms with van der Waals surface area (Å²) in [4.78, 5) is 10.8. The molecule has 0 rings (SSSR count).